The normalized spacial score (nSPS) is 16.0. The fourth-order valence-electron chi connectivity index (χ4n) is 12.1. The molecule has 0 spiro atoms. The van der Waals surface area contributed by atoms with Crippen molar-refractivity contribution in [2.24, 2.45) is 0 Å². The Morgan fingerprint density at radius 1 is 0.435 bits per heavy atom. The van der Waals surface area contributed by atoms with E-state index in [0.29, 0.717) is 0 Å². The lowest BCUT2D eigenvalue weighted by atomic mass is 9.33. The van der Waals surface area contributed by atoms with Crippen molar-refractivity contribution in [3.8, 4) is 11.1 Å². The molecule has 0 unspecified atom stereocenters. The van der Waals surface area contributed by atoms with Gasteiger partial charge in [-0.2, -0.15) is 0 Å². The molecule has 4 nitrogen and oxygen atoms in total. The summed E-state index contributed by atoms with van der Waals surface area (Å²) in [5, 5.41) is 4.51. The molecule has 0 N–H and O–H groups in total. The number of rotatable bonds is 3. The summed E-state index contributed by atoms with van der Waals surface area (Å²) in [6.45, 7) is 23.8. The molecule has 0 amide bonds. The maximum atomic E-state index is 6.86. The van der Waals surface area contributed by atoms with Gasteiger partial charge in [-0.05, 0) is 152 Å². The number of nitrogens with zero attached hydrogens (tertiary/aromatic N) is 2. The van der Waals surface area contributed by atoms with Crippen molar-refractivity contribution in [1.82, 2.24) is 0 Å². The predicted octanol–water partition coefficient (Wildman–Crippen LogP) is 16.2. The first-order valence-electron chi connectivity index (χ1n) is 25.0. The maximum Gasteiger partial charge on any atom is 0.252 e. The van der Waals surface area contributed by atoms with Gasteiger partial charge in [0.2, 0.25) is 0 Å². The predicted molar refractivity (Wildman–Crippen MR) is 293 cm³/mol. The molecule has 1 aliphatic carbocycles. The summed E-state index contributed by atoms with van der Waals surface area (Å²) < 4.78 is 13.3. The van der Waals surface area contributed by atoms with Crippen LogP contribution in [0.25, 0.3) is 55.0 Å². The Morgan fingerprint density at radius 3 is 1.65 bits per heavy atom. The molecule has 340 valence electrons. The number of fused-ring (bicyclic) bond motifs is 11. The highest BCUT2D eigenvalue weighted by Gasteiger charge is 2.47. The van der Waals surface area contributed by atoms with E-state index in [0.717, 1.165) is 68.1 Å². The highest BCUT2D eigenvalue weighted by molar-refractivity contribution is 7.00. The van der Waals surface area contributed by atoms with Gasteiger partial charge in [0.15, 0.2) is 0 Å². The second-order valence-electron chi connectivity index (χ2n) is 23.6. The molecule has 0 atom stereocenters. The Hall–Kier alpha value is -6.98. The van der Waals surface area contributed by atoms with Gasteiger partial charge in [-0.3, -0.25) is 0 Å². The van der Waals surface area contributed by atoms with Crippen LogP contribution in [0.4, 0.5) is 34.1 Å². The first kappa shape index (κ1) is 42.2. The van der Waals surface area contributed by atoms with Crippen molar-refractivity contribution < 1.29 is 8.83 Å². The van der Waals surface area contributed by atoms with E-state index in [1.54, 1.807) is 0 Å². The van der Waals surface area contributed by atoms with E-state index < -0.39 is 0 Å². The van der Waals surface area contributed by atoms with Gasteiger partial charge in [0, 0.05) is 55.5 Å². The third kappa shape index (κ3) is 6.28. The number of furan rings is 2. The van der Waals surface area contributed by atoms with Gasteiger partial charge in [0.1, 0.15) is 22.3 Å². The maximum absolute atomic E-state index is 6.86. The van der Waals surface area contributed by atoms with Crippen LogP contribution in [0.5, 0.6) is 0 Å². The summed E-state index contributed by atoms with van der Waals surface area (Å²) in [6.07, 6.45) is 2.27. The highest BCUT2D eigenvalue weighted by atomic mass is 16.3. The fraction of sp³-hybridized carbons (Fsp3) is 0.250. The van der Waals surface area contributed by atoms with E-state index in [4.69, 9.17) is 8.83 Å². The fourth-order valence-corrected chi connectivity index (χ4v) is 12.1. The highest BCUT2D eigenvalue weighted by Crippen LogP contribution is 2.53. The molecular formula is C64H59BN2O2. The van der Waals surface area contributed by atoms with Crippen LogP contribution < -0.4 is 26.2 Å². The number of hydrogen-bond acceptors (Lipinski definition) is 4. The molecule has 69 heavy (non-hydrogen) atoms. The van der Waals surface area contributed by atoms with Crippen LogP contribution in [-0.2, 0) is 21.7 Å². The topological polar surface area (TPSA) is 32.8 Å². The Balaban J connectivity index is 1.20. The molecule has 3 aliphatic rings. The number of para-hydroxylation sites is 2. The molecule has 8 aromatic carbocycles. The molecule has 5 heteroatoms. The van der Waals surface area contributed by atoms with E-state index in [1.165, 1.54) is 72.5 Å². The molecular weight excluding hydrogens is 840 g/mol. The average Bonchev–Trinajstić information content (AvgIpc) is 3.89. The Bertz CT molecular complexity index is 3780. The van der Waals surface area contributed by atoms with Crippen LogP contribution >= 0.6 is 0 Å². The summed E-state index contributed by atoms with van der Waals surface area (Å²) >= 11 is 0. The van der Waals surface area contributed by atoms with Gasteiger partial charge in [0.05, 0.1) is 5.69 Å². The van der Waals surface area contributed by atoms with Crippen LogP contribution in [0, 0.1) is 0 Å². The molecule has 0 saturated heterocycles. The summed E-state index contributed by atoms with van der Waals surface area (Å²) in [7, 11) is 0. The quantitative estimate of drug-likeness (QED) is 0.165. The lowest BCUT2D eigenvalue weighted by molar-refractivity contribution is 0.332. The Morgan fingerprint density at radius 2 is 0.986 bits per heavy atom. The molecule has 0 bridgehead atoms. The largest absolute Gasteiger partial charge is 0.456 e. The minimum absolute atomic E-state index is 0.00370. The Kier molecular flexibility index (Phi) is 8.73. The monoisotopic (exact) mass is 898 g/mol. The second kappa shape index (κ2) is 14.3. The van der Waals surface area contributed by atoms with Gasteiger partial charge in [0.25, 0.3) is 6.71 Å². The molecule has 0 fully saturated rings. The van der Waals surface area contributed by atoms with E-state index in [9.17, 15) is 0 Å². The summed E-state index contributed by atoms with van der Waals surface area (Å²) in [5.41, 5.74) is 22.3. The van der Waals surface area contributed by atoms with Crippen molar-refractivity contribution in [2.75, 3.05) is 9.80 Å². The second-order valence-corrected chi connectivity index (χ2v) is 23.6. The van der Waals surface area contributed by atoms with Gasteiger partial charge >= 0.3 is 0 Å². The third-order valence-electron chi connectivity index (χ3n) is 16.2. The first-order valence-corrected chi connectivity index (χ1v) is 25.0. The van der Waals surface area contributed by atoms with E-state index in [2.05, 4.69) is 231 Å². The van der Waals surface area contributed by atoms with Crippen LogP contribution in [0.15, 0.2) is 160 Å². The molecule has 0 radical (unpaired) electrons. The zero-order chi connectivity index (χ0) is 47.5. The van der Waals surface area contributed by atoms with Crippen molar-refractivity contribution >= 4 is 101 Å². The third-order valence-corrected chi connectivity index (χ3v) is 16.2. The van der Waals surface area contributed by atoms with Crippen molar-refractivity contribution in [3.63, 3.8) is 0 Å². The van der Waals surface area contributed by atoms with Crippen LogP contribution in [-0.4, -0.2) is 6.71 Å². The minimum atomic E-state index is -0.172. The summed E-state index contributed by atoms with van der Waals surface area (Å²) in [5.74, 6) is 0. The smallest absolute Gasteiger partial charge is 0.252 e. The molecule has 4 heterocycles. The molecule has 10 aromatic rings. The van der Waals surface area contributed by atoms with Crippen molar-refractivity contribution in [1.29, 1.82) is 0 Å². The van der Waals surface area contributed by atoms with Gasteiger partial charge in [-0.15, -0.1) is 0 Å². The summed E-state index contributed by atoms with van der Waals surface area (Å²) in [4.78, 5) is 5.24. The van der Waals surface area contributed by atoms with Gasteiger partial charge < -0.3 is 18.6 Å². The van der Waals surface area contributed by atoms with E-state index >= 15 is 0 Å². The number of anilines is 6. The molecule has 2 aromatic heterocycles. The van der Waals surface area contributed by atoms with Crippen LogP contribution in [0.1, 0.15) is 104 Å². The summed E-state index contributed by atoms with van der Waals surface area (Å²) in [6, 6.07) is 57.2. The zero-order valence-corrected chi connectivity index (χ0v) is 41.6. The molecule has 0 saturated carbocycles. The SMILES string of the molecule is CC(C)(C)c1ccc(N2c3cc4c(cc3B3c5cc6c(cc5N(c5ccc7oc8ccccc8c7c5)c5cc(C(C)(C)C)cc2c53)C(C)(C)CCC6(C)C)oc2ccccc24)c(-c2ccccc2)c1. The van der Waals surface area contributed by atoms with Crippen LogP contribution in [0.3, 0.4) is 0 Å². The number of hydrogen-bond donors (Lipinski definition) is 0. The number of benzene rings is 8. The molecule has 2 aliphatic heterocycles. The Labute approximate surface area is 406 Å². The van der Waals surface area contributed by atoms with Gasteiger partial charge in [-0.25, -0.2) is 0 Å². The van der Waals surface area contributed by atoms with E-state index in [-0.39, 0.29) is 28.4 Å². The average molecular weight is 899 g/mol. The van der Waals surface area contributed by atoms with Crippen molar-refractivity contribution in [2.45, 2.75) is 104 Å². The van der Waals surface area contributed by atoms with Gasteiger partial charge in [-0.1, -0.05) is 148 Å². The van der Waals surface area contributed by atoms with Crippen molar-refractivity contribution in [3.05, 3.63) is 174 Å². The zero-order valence-electron chi connectivity index (χ0n) is 41.6. The minimum Gasteiger partial charge on any atom is -0.456 e. The molecule has 13 rings (SSSR count). The van der Waals surface area contributed by atoms with Crippen LogP contribution in [0.2, 0.25) is 0 Å². The lowest BCUT2D eigenvalue weighted by Gasteiger charge is -2.48. The first-order chi connectivity index (χ1) is 32.9. The lowest BCUT2D eigenvalue weighted by Crippen LogP contribution is -2.62. The van der Waals surface area contributed by atoms with E-state index in [1.807, 2.05) is 0 Å². The standard InChI is InChI=1S/C64H59BN2O2/c1-61(2,3)39-24-26-51(44(30-39)38-18-12-11-13-19-38)67-52-34-46-43-21-15-17-23-57(43)69-59(46)37-50(52)65-49-35-47-48(64(9,10)29-28-63(47,7)8)36-53(49)66(54-31-40(62(4,5)6)32-55(67)60(54)65)41-25-27-58-45(33-41)42-20-14-16-22-56(42)68-58/h11-27,30-37H,28-29H2,1-10H3.